The van der Waals surface area contributed by atoms with Gasteiger partial charge in [0.25, 0.3) is 11.8 Å². The maximum Gasteiger partial charge on any atom is 0.263 e. The minimum Gasteiger partial charge on any atom is -0.349 e. The van der Waals surface area contributed by atoms with Crippen molar-refractivity contribution in [3.63, 3.8) is 0 Å². The summed E-state index contributed by atoms with van der Waals surface area (Å²) in [4.78, 5) is 34.9. The van der Waals surface area contributed by atoms with Crippen LogP contribution in [0.25, 0.3) is 0 Å². The van der Waals surface area contributed by atoms with Gasteiger partial charge >= 0.3 is 0 Å². The number of rotatable bonds is 9. The summed E-state index contributed by atoms with van der Waals surface area (Å²) in [5, 5.41) is 8.13. The highest BCUT2D eigenvalue weighted by Gasteiger charge is 2.29. The molecular formula is C19H24N4O2S2. The van der Waals surface area contributed by atoms with Crippen LogP contribution in [-0.2, 0) is 0 Å². The van der Waals surface area contributed by atoms with Crippen molar-refractivity contribution in [1.82, 2.24) is 20.6 Å². The molecule has 6 nitrogen and oxygen atoms in total. The van der Waals surface area contributed by atoms with Gasteiger partial charge in [-0.15, -0.1) is 22.7 Å². The number of carbonyl (C=O) groups excluding carboxylic acids is 2. The third-order valence-electron chi connectivity index (χ3n) is 4.83. The molecule has 2 aliphatic rings. The number of aromatic nitrogens is 2. The molecule has 2 aliphatic carbocycles. The van der Waals surface area contributed by atoms with E-state index in [0.29, 0.717) is 28.1 Å². The van der Waals surface area contributed by atoms with E-state index in [4.69, 9.17) is 0 Å². The molecule has 0 aliphatic heterocycles. The molecule has 0 bridgehead atoms. The summed E-state index contributed by atoms with van der Waals surface area (Å²) in [5.41, 5.74) is 0. The first kappa shape index (κ1) is 18.6. The third kappa shape index (κ3) is 4.73. The van der Waals surface area contributed by atoms with Crippen LogP contribution < -0.4 is 10.6 Å². The summed E-state index contributed by atoms with van der Waals surface area (Å²) < 4.78 is 0. The van der Waals surface area contributed by atoms with Crippen LogP contribution >= 0.6 is 22.7 Å². The summed E-state index contributed by atoms with van der Waals surface area (Å²) in [7, 11) is 0. The first-order chi connectivity index (χ1) is 13.1. The third-order valence-corrected chi connectivity index (χ3v) is 7.15. The molecule has 8 heteroatoms. The van der Waals surface area contributed by atoms with Gasteiger partial charge in [0.2, 0.25) is 0 Å². The Balaban J connectivity index is 1.30. The summed E-state index contributed by atoms with van der Waals surface area (Å²) in [6, 6.07) is -0.0891. The Morgan fingerprint density at radius 3 is 2.11 bits per heavy atom. The Morgan fingerprint density at radius 2 is 1.59 bits per heavy atom. The number of hydrogen-bond donors (Lipinski definition) is 2. The molecule has 2 aromatic heterocycles. The Labute approximate surface area is 166 Å². The van der Waals surface area contributed by atoms with Crippen LogP contribution in [0.15, 0.2) is 12.4 Å². The molecule has 2 saturated carbocycles. The molecule has 2 aromatic rings. The number of carbonyl (C=O) groups is 2. The summed E-state index contributed by atoms with van der Waals surface area (Å²) in [6.07, 6.45) is 9.81. The zero-order valence-electron chi connectivity index (χ0n) is 15.4. The van der Waals surface area contributed by atoms with Gasteiger partial charge in [-0.25, -0.2) is 9.97 Å². The molecule has 0 spiro atoms. The second-order valence-corrected chi connectivity index (χ2v) is 9.47. The van der Waals surface area contributed by atoms with Crippen molar-refractivity contribution in [2.75, 3.05) is 6.54 Å². The van der Waals surface area contributed by atoms with E-state index in [0.717, 1.165) is 22.9 Å². The lowest BCUT2D eigenvalue weighted by atomic mass is 10.1. The number of hydrogen-bond acceptors (Lipinski definition) is 6. The Bertz CT molecular complexity index is 823. The number of nitrogens with zero attached hydrogens (tertiary/aromatic N) is 2. The van der Waals surface area contributed by atoms with Crippen molar-refractivity contribution in [1.29, 1.82) is 0 Å². The predicted octanol–water partition coefficient (Wildman–Crippen LogP) is 3.68. The van der Waals surface area contributed by atoms with Crippen molar-refractivity contribution in [2.45, 2.75) is 63.3 Å². The highest BCUT2D eigenvalue weighted by Crippen LogP contribution is 2.42. The summed E-state index contributed by atoms with van der Waals surface area (Å²) in [6.45, 7) is 2.49. The van der Waals surface area contributed by atoms with Crippen LogP contribution in [-0.4, -0.2) is 34.4 Å². The molecule has 2 amide bonds. The van der Waals surface area contributed by atoms with Crippen molar-refractivity contribution in [2.24, 2.45) is 0 Å². The van der Waals surface area contributed by atoms with Gasteiger partial charge in [0.05, 0.1) is 22.4 Å². The quantitative estimate of drug-likeness (QED) is 0.668. The van der Waals surface area contributed by atoms with Crippen LogP contribution in [0.3, 0.4) is 0 Å². The molecule has 27 heavy (non-hydrogen) atoms. The highest BCUT2D eigenvalue weighted by molar-refractivity contribution is 7.14. The Morgan fingerprint density at radius 1 is 1.04 bits per heavy atom. The lowest BCUT2D eigenvalue weighted by molar-refractivity contribution is 0.0910. The monoisotopic (exact) mass is 404 g/mol. The molecule has 4 rings (SSSR count). The van der Waals surface area contributed by atoms with Gasteiger partial charge < -0.3 is 10.6 Å². The highest BCUT2D eigenvalue weighted by atomic mass is 32.1. The van der Waals surface area contributed by atoms with E-state index < -0.39 is 0 Å². The maximum atomic E-state index is 12.5. The molecule has 1 unspecified atom stereocenters. The standard InChI is InChI=1S/C19H24N4O2S2/c1-2-3-13(23-17(25)15-10-22-19(27-15)12-6-7-12)8-20-16(24)14-9-21-18(26-14)11-4-5-11/h9-13H,2-8H2,1H3,(H,20,24)(H,23,25). The van der Waals surface area contributed by atoms with Gasteiger partial charge in [-0.2, -0.15) is 0 Å². The van der Waals surface area contributed by atoms with E-state index in [2.05, 4.69) is 27.5 Å². The maximum absolute atomic E-state index is 12.5. The fourth-order valence-corrected chi connectivity index (χ4v) is 4.95. The topological polar surface area (TPSA) is 84.0 Å². The Kier molecular flexibility index (Phi) is 5.54. The molecule has 144 valence electrons. The first-order valence-electron chi connectivity index (χ1n) is 9.64. The average Bonchev–Trinajstić information content (AvgIpc) is 3.60. The number of nitrogens with one attached hydrogen (secondary N) is 2. The molecule has 1 atom stereocenters. The molecule has 0 saturated heterocycles. The second-order valence-electron chi connectivity index (χ2n) is 7.34. The van der Waals surface area contributed by atoms with Gasteiger partial charge in [0.15, 0.2) is 0 Å². The first-order valence-corrected chi connectivity index (χ1v) is 11.3. The van der Waals surface area contributed by atoms with Crippen molar-refractivity contribution in [3.8, 4) is 0 Å². The average molecular weight is 405 g/mol. The molecular weight excluding hydrogens is 380 g/mol. The molecule has 2 N–H and O–H groups in total. The zero-order valence-corrected chi connectivity index (χ0v) is 17.0. The molecule has 2 fully saturated rings. The normalized spacial score (nSPS) is 17.5. The molecule has 2 heterocycles. The van der Waals surface area contributed by atoms with Crippen LogP contribution in [0.5, 0.6) is 0 Å². The fourth-order valence-electron chi connectivity index (χ4n) is 2.96. The summed E-state index contributed by atoms with van der Waals surface area (Å²) >= 11 is 2.97. The van der Waals surface area contributed by atoms with Gasteiger partial charge in [-0.05, 0) is 32.1 Å². The van der Waals surface area contributed by atoms with Gasteiger partial charge in [0, 0.05) is 24.4 Å². The van der Waals surface area contributed by atoms with Gasteiger partial charge in [0.1, 0.15) is 9.75 Å². The molecule has 0 aromatic carbocycles. The SMILES string of the molecule is CCCC(CNC(=O)c1cnc(C2CC2)s1)NC(=O)c1cnc(C2CC2)s1. The second kappa shape index (κ2) is 8.06. The zero-order chi connectivity index (χ0) is 18.8. The minimum atomic E-state index is -0.108. The van der Waals surface area contributed by atoms with E-state index in [1.54, 1.807) is 12.4 Å². The number of thiazole rings is 2. The van der Waals surface area contributed by atoms with Crippen molar-refractivity contribution >= 4 is 34.5 Å². The number of amides is 2. The summed E-state index contributed by atoms with van der Waals surface area (Å²) in [5.74, 6) is 0.912. The van der Waals surface area contributed by atoms with E-state index in [1.807, 2.05) is 0 Å². The van der Waals surface area contributed by atoms with E-state index in [1.165, 1.54) is 48.4 Å². The van der Waals surface area contributed by atoms with E-state index in [-0.39, 0.29) is 17.9 Å². The van der Waals surface area contributed by atoms with E-state index >= 15 is 0 Å². The van der Waals surface area contributed by atoms with Crippen LogP contribution in [0, 0.1) is 0 Å². The Hall–Kier alpha value is -1.80. The lowest BCUT2D eigenvalue weighted by Crippen LogP contribution is -2.43. The largest absolute Gasteiger partial charge is 0.349 e. The van der Waals surface area contributed by atoms with E-state index in [9.17, 15) is 9.59 Å². The lowest BCUT2D eigenvalue weighted by Gasteiger charge is -2.18. The smallest absolute Gasteiger partial charge is 0.263 e. The fraction of sp³-hybridized carbons (Fsp3) is 0.579. The van der Waals surface area contributed by atoms with Crippen molar-refractivity contribution in [3.05, 3.63) is 32.2 Å². The van der Waals surface area contributed by atoms with Crippen molar-refractivity contribution < 1.29 is 9.59 Å². The predicted molar refractivity (Wildman–Crippen MR) is 107 cm³/mol. The minimum absolute atomic E-state index is 0.0891. The van der Waals surface area contributed by atoms with Crippen LogP contribution in [0.2, 0.25) is 0 Å². The molecule has 0 radical (unpaired) electrons. The van der Waals surface area contributed by atoms with Crippen LogP contribution in [0.4, 0.5) is 0 Å². The van der Waals surface area contributed by atoms with Crippen LogP contribution in [0.1, 0.15) is 86.6 Å². The van der Waals surface area contributed by atoms with Gasteiger partial charge in [-0.3, -0.25) is 9.59 Å². The van der Waals surface area contributed by atoms with Gasteiger partial charge in [-0.1, -0.05) is 13.3 Å².